The Morgan fingerprint density at radius 3 is 1.46 bits per heavy atom. The molecule has 0 heterocycles. The van der Waals surface area contributed by atoms with Crippen molar-refractivity contribution in [1.82, 2.24) is 0 Å². The number of ether oxygens (including phenoxy) is 1. The average molecular weight is 185 g/mol. The molecule has 0 aliphatic rings. The van der Waals surface area contributed by atoms with Crippen molar-refractivity contribution in [3.05, 3.63) is 24.3 Å². The molecular weight excluding hydrogens is 172 g/mol. The fraction of sp³-hybridized carbons (Fsp3) is 0.333. The van der Waals surface area contributed by atoms with Crippen LogP contribution in [0.15, 0.2) is 24.3 Å². The van der Waals surface area contributed by atoms with Crippen LogP contribution in [-0.2, 0) is 14.3 Å². The van der Waals surface area contributed by atoms with Gasteiger partial charge in [-0.3, -0.25) is 0 Å². The molecule has 0 aromatic heterocycles. The summed E-state index contributed by atoms with van der Waals surface area (Å²) in [5.41, 5.74) is 0.498. The number of carboxylic acid groups (broad SMARTS) is 1. The van der Waals surface area contributed by atoms with Gasteiger partial charge in [-0.15, -0.1) is 0 Å². The van der Waals surface area contributed by atoms with Gasteiger partial charge in [-0.25, -0.2) is 4.79 Å². The predicted octanol–water partition coefficient (Wildman–Crippen LogP) is 0.0479. The molecule has 0 saturated carbocycles. The van der Waals surface area contributed by atoms with Gasteiger partial charge in [0.15, 0.2) is 0 Å². The molecule has 0 saturated heterocycles. The molecule has 0 rings (SSSR count). The van der Waals surface area contributed by atoms with E-state index in [4.69, 9.17) is 0 Å². The van der Waals surface area contributed by atoms with Gasteiger partial charge in [-0.05, 0) is 19.4 Å². The molecule has 74 valence electrons. The first kappa shape index (κ1) is 14.0. The molecule has 0 aliphatic carbocycles. The molecule has 0 radical (unpaired) electrons. The standard InChI is InChI=1S/C5H8O2.C4H6O2/c1-4(2)5(6)7-3;1-3(2)4(5)6/h1H2,2-3H3;1H2,2H3,(H,5,6)/p-1. The fourth-order valence-corrected chi connectivity index (χ4v) is 0.174. The van der Waals surface area contributed by atoms with Crippen LogP contribution in [0.1, 0.15) is 13.8 Å². The van der Waals surface area contributed by atoms with Gasteiger partial charge in [-0.2, -0.15) is 0 Å². The lowest BCUT2D eigenvalue weighted by atomic mass is 10.4. The van der Waals surface area contributed by atoms with E-state index in [1.54, 1.807) is 6.92 Å². The van der Waals surface area contributed by atoms with Crippen molar-refractivity contribution in [1.29, 1.82) is 0 Å². The third kappa shape index (κ3) is 10.4. The Labute approximate surface area is 77.5 Å². The zero-order valence-electron chi connectivity index (χ0n) is 8.05. The highest BCUT2D eigenvalue weighted by atomic mass is 16.5. The predicted molar refractivity (Wildman–Crippen MR) is 46.7 cm³/mol. The number of methoxy groups -OCH3 is 1. The number of hydrogen-bond donors (Lipinski definition) is 0. The van der Waals surface area contributed by atoms with Crippen LogP contribution in [-0.4, -0.2) is 19.0 Å². The van der Waals surface area contributed by atoms with Gasteiger partial charge < -0.3 is 14.6 Å². The zero-order valence-corrected chi connectivity index (χ0v) is 8.05. The number of rotatable bonds is 2. The highest BCUT2D eigenvalue weighted by molar-refractivity contribution is 5.86. The van der Waals surface area contributed by atoms with Gasteiger partial charge in [0.05, 0.1) is 13.1 Å². The van der Waals surface area contributed by atoms with Crippen molar-refractivity contribution in [2.75, 3.05) is 7.11 Å². The minimum absolute atomic E-state index is 0.0648. The lowest BCUT2D eigenvalue weighted by molar-refractivity contribution is -0.299. The molecule has 4 heteroatoms. The number of carboxylic acids is 1. The second-order valence-electron chi connectivity index (χ2n) is 2.34. The highest BCUT2D eigenvalue weighted by Crippen LogP contribution is 1.87. The van der Waals surface area contributed by atoms with Gasteiger partial charge in [0.1, 0.15) is 0 Å². The maximum Gasteiger partial charge on any atom is 0.332 e. The Bertz CT molecular complexity index is 216. The van der Waals surface area contributed by atoms with Crippen LogP contribution in [0.3, 0.4) is 0 Å². The molecule has 0 amide bonds. The minimum Gasteiger partial charge on any atom is -0.545 e. The van der Waals surface area contributed by atoms with E-state index in [0.29, 0.717) is 5.57 Å². The third-order valence-electron chi connectivity index (χ3n) is 0.882. The summed E-state index contributed by atoms with van der Waals surface area (Å²) in [6.07, 6.45) is 0. The summed E-state index contributed by atoms with van der Waals surface area (Å²) in [4.78, 5) is 19.7. The second kappa shape index (κ2) is 7.09. The number of aliphatic carboxylic acids is 1. The highest BCUT2D eigenvalue weighted by Gasteiger charge is 1.95. The fourth-order valence-electron chi connectivity index (χ4n) is 0.174. The summed E-state index contributed by atoms with van der Waals surface area (Å²) < 4.78 is 4.27. The van der Waals surface area contributed by atoms with Gasteiger partial charge in [0.2, 0.25) is 0 Å². The third-order valence-corrected chi connectivity index (χ3v) is 0.882. The Balaban J connectivity index is 0. The molecule has 0 fully saturated rings. The van der Waals surface area contributed by atoms with Crippen molar-refractivity contribution in [2.45, 2.75) is 13.8 Å². The Kier molecular flexibility index (Phi) is 7.62. The molecular formula is C9H13O4-. The van der Waals surface area contributed by atoms with Crippen LogP contribution in [0.5, 0.6) is 0 Å². The summed E-state index contributed by atoms with van der Waals surface area (Å²) in [7, 11) is 1.33. The molecule has 0 aromatic rings. The lowest BCUT2D eigenvalue weighted by Crippen LogP contribution is -2.22. The van der Waals surface area contributed by atoms with Crippen LogP contribution >= 0.6 is 0 Å². The summed E-state index contributed by atoms with van der Waals surface area (Å²) in [5.74, 6) is -1.53. The molecule has 13 heavy (non-hydrogen) atoms. The minimum atomic E-state index is -1.19. The van der Waals surface area contributed by atoms with Gasteiger partial charge in [0, 0.05) is 5.57 Å². The zero-order chi connectivity index (χ0) is 11.0. The van der Waals surface area contributed by atoms with Crippen molar-refractivity contribution in [2.24, 2.45) is 0 Å². The van der Waals surface area contributed by atoms with Crippen molar-refractivity contribution >= 4 is 11.9 Å². The molecule has 0 bridgehead atoms. The van der Waals surface area contributed by atoms with Gasteiger partial charge >= 0.3 is 5.97 Å². The van der Waals surface area contributed by atoms with Crippen LogP contribution in [0.25, 0.3) is 0 Å². The number of carbonyl (C=O) groups excluding carboxylic acids is 2. The van der Waals surface area contributed by atoms with E-state index in [1.165, 1.54) is 14.0 Å². The quantitative estimate of drug-likeness (QED) is 0.450. The lowest BCUT2D eigenvalue weighted by Gasteiger charge is -1.93. The molecule has 4 nitrogen and oxygen atoms in total. The van der Waals surface area contributed by atoms with E-state index in [9.17, 15) is 14.7 Å². The maximum atomic E-state index is 10.2. The summed E-state index contributed by atoms with van der Waals surface area (Å²) >= 11 is 0. The SMILES string of the molecule is C=C(C)C(=O)OC.C=C(C)C(=O)[O-]. The first-order chi connectivity index (χ1) is 5.82. The van der Waals surface area contributed by atoms with Gasteiger partial charge in [-0.1, -0.05) is 13.2 Å². The van der Waals surface area contributed by atoms with E-state index in [1.807, 2.05) is 0 Å². The van der Waals surface area contributed by atoms with Crippen molar-refractivity contribution in [3.8, 4) is 0 Å². The Hall–Kier alpha value is -1.58. The number of hydrogen-bond acceptors (Lipinski definition) is 4. The summed E-state index contributed by atoms with van der Waals surface area (Å²) in [6.45, 7) is 9.43. The number of esters is 1. The monoisotopic (exact) mass is 185 g/mol. The van der Waals surface area contributed by atoms with Crippen LogP contribution in [0.4, 0.5) is 0 Å². The van der Waals surface area contributed by atoms with E-state index < -0.39 is 5.97 Å². The summed E-state index contributed by atoms with van der Waals surface area (Å²) in [6, 6.07) is 0. The largest absolute Gasteiger partial charge is 0.545 e. The van der Waals surface area contributed by atoms with Crippen molar-refractivity contribution in [3.63, 3.8) is 0 Å². The van der Waals surface area contributed by atoms with Gasteiger partial charge in [0.25, 0.3) is 0 Å². The van der Waals surface area contributed by atoms with Crippen LogP contribution < -0.4 is 5.11 Å². The first-order valence-electron chi connectivity index (χ1n) is 3.43. The molecule has 0 aliphatic heterocycles. The molecule has 0 unspecified atom stereocenters. The van der Waals surface area contributed by atoms with Crippen LogP contribution in [0, 0.1) is 0 Å². The maximum absolute atomic E-state index is 10.2. The molecule has 0 spiro atoms. The number of carbonyl (C=O) groups is 2. The molecule has 0 N–H and O–H groups in total. The van der Waals surface area contributed by atoms with Crippen LogP contribution in [0.2, 0.25) is 0 Å². The second-order valence-corrected chi connectivity index (χ2v) is 2.34. The normalized spacial score (nSPS) is 7.62. The average Bonchev–Trinajstić information content (AvgIpc) is 2.03. The topological polar surface area (TPSA) is 66.4 Å². The molecule has 0 atom stereocenters. The van der Waals surface area contributed by atoms with E-state index in [-0.39, 0.29) is 11.5 Å². The first-order valence-corrected chi connectivity index (χ1v) is 3.43. The summed E-state index contributed by atoms with van der Waals surface area (Å²) in [5, 5.41) is 9.49. The van der Waals surface area contributed by atoms with E-state index >= 15 is 0 Å². The van der Waals surface area contributed by atoms with Crippen molar-refractivity contribution < 1.29 is 19.4 Å². The Morgan fingerprint density at radius 2 is 1.46 bits per heavy atom. The smallest absolute Gasteiger partial charge is 0.332 e. The Morgan fingerprint density at radius 1 is 1.15 bits per heavy atom. The van der Waals surface area contributed by atoms with E-state index in [2.05, 4.69) is 17.9 Å². The molecule has 0 aromatic carbocycles. The van der Waals surface area contributed by atoms with E-state index in [0.717, 1.165) is 0 Å².